The highest BCUT2D eigenvalue weighted by molar-refractivity contribution is 8.00. The molecule has 0 saturated carbocycles. The lowest BCUT2D eigenvalue weighted by Gasteiger charge is -2.14. The van der Waals surface area contributed by atoms with E-state index in [1.54, 1.807) is 25.1 Å². The second-order valence-corrected chi connectivity index (χ2v) is 6.09. The number of nitrogens with one attached hydrogen (secondary N) is 1. The van der Waals surface area contributed by atoms with Crippen LogP contribution in [0.4, 0.5) is 0 Å². The first-order valence-corrected chi connectivity index (χ1v) is 7.38. The van der Waals surface area contributed by atoms with Gasteiger partial charge < -0.3 is 9.32 Å². The van der Waals surface area contributed by atoms with Gasteiger partial charge in [0.1, 0.15) is 17.3 Å². The predicted molar refractivity (Wildman–Crippen MR) is 82.8 cm³/mol. The van der Waals surface area contributed by atoms with Crippen molar-refractivity contribution in [2.24, 2.45) is 0 Å². The molecular weight excluding hydrogens is 288 g/mol. The molecule has 0 saturated heterocycles. The van der Waals surface area contributed by atoms with E-state index in [0.717, 1.165) is 11.5 Å². The summed E-state index contributed by atoms with van der Waals surface area (Å²) in [6, 6.07) is 3.78. The molecule has 1 N–H and O–H groups in total. The zero-order valence-electron chi connectivity index (χ0n) is 12.5. The van der Waals surface area contributed by atoms with Crippen LogP contribution in [0.25, 0.3) is 12.2 Å². The lowest BCUT2D eigenvalue weighted by atomic mass is 10.4. The Hall–Kier alpha value is -2.02. The fourth-order valence-corrected chi connectivity index (χ4v) is 2.54. The van der Waals surface area contributed by atoms with Crippen molar-refractivity contribution in [2.75, 3.05) is 14.1 Å². The third-order valence-electron chi connectivity index (χ3n) is 2.72. The summed E-state index contributed by atoms with van der Waals surface area (Å²) in [5, 5.41) is 7.24. The summed E-state index contributed by atoms with van der Waals surface area (Å²) in [4.78, 5) is 17.7. The molecule has 112 valence electrons. The molecule has 1 amide bonds. The zero-order valence-corrected chi connectivity index (χ0v) is 13.3. The normalized spacial score (nSPS) is 12.8. The van der Waals surface area contributed by atoms with Crippen molar-refractivity contribution in [3.05, 3.63) is 29.5 Å². The number of nitrogens with zero attached hydrogens (tertiary/aromatic N) is 3. The molecule has 2 heterocycles. The maximum Gasteiger partial charge on any atom is 0.235 e. The lowest BCUT2D eigenvalue weighted by Crippen LogP contribution is -2.29. The fraction of sp³-hybridized carbons (Fsp3) is 0.357. The Morgan fingerprint density at radius 3 is 2.81 bits per heavy atom. The van der Waals surface area contributed by atoms with Crippen LogP contribution < -0.4 is 0 Å². The summed E-state index contributed by atoms with van der Waals surface area (Å²) in [5.41, 5.74) is 0. The molecule has 0 radical (unpaired) electrons. The van der Waals surface area contributed by atoms with E-state index in [9.17, 15) is 4.79 Å². The summed E-state index contributed by atoms with van der Waals surface area (Å²) < 4.78 is 5.43. The fourth-order valence-electron chi connectivity index (χ4n) is 1.66. The van der Waals surface area contributed by atoms with Crippen LogP contribution in [0.2, 0.25) is 0 Å². The van der Waals surface area contributed by atoms with E-state index < -0.39 is 0 Å². The van der Waals surface area contributed by atoms with Gasteiger partial charge >= 0.3 is 0 Å². The highest BCUT2D eigenvalue weighted by atomic mass is 32.2. The first kappa shape index (κ1) is 15.4. The van der Waals surface area contributed by atoms with Gasteiger partial charge in [-0.1, -0.05) is 11.8 Å². The van der Waals surface area contributed by atoms with Crippen LogP contribution in [0, 0.1) is 6.92 Å². The second kappa shape index (κ2) is 6.62. The lowest BCUT2D eigenvalue weighted by molar-refractivity contribution is -0.127. The van der Waals surface area contributed by atoms with Gasteiger partial charge in [0.15, 0.2) is 0 Å². The van der Waals surface area contributed by atoms with E-state index in [-0.39, 0.29) is 11.2 Å². The minimum absolute atomic E-state index is 0.0351. The Morgan fingerprint density at radius 2 is 2.19 bits per heavy atom. The molecule has 0 fully saturated rings. The maximum atomic E-state index is 11.8. The molecular formula is C14H18N4O2S. The van der Waals surface area contributed by atoms with Gasteiger partial charge in [-0.15, -0.1) is 5.10 Å². The van der Waals surface area contributed by atoms with E-state index in [0.29, 0.717) is 11.0 Å². The van der Waals surface area contributed by atoms with Crippen LogP contribution in [-0.4, -0.2) is 45.3 Å². The molecule has 2 rings (SSSR count). The van der Waals surface area contributed by atoms with Gasteiger partial charge in [-0.25, -0.2) is 4.98 Å². The zero-order chi connectivity index (χ0) is 15.4. The van der Waals surface area contributed by atoms with Gasteiger partial charge in [-0.2, -0.15) is 0 Å². The van der Waals surface area contributed by atoms with E-state index in [4.69, 9.17) is 4.42 Å². The number of thioether (sulfide) groups is 1. The van der Waals surface area contributed by atoms with Crippen molar-refractivity contribution < 1.29 is 9.21 Å². The van der Waals surface area contributed by atoms with Gasteiger partial charge in [0.2, 0.25) is 11.1 Å². The summed E-state index contributed by atoms with van der Waals surface area (Å²) >= 11 is 1.32. The molecule has 0 aliphatic rings. The number of furan rings is 1. The molecule has 0 bridgehead atoms. The molecule has 6 nitrogen and oxygen atoms in total. The molecule has 0 aromatic carbocycles. The van der Waals surface area contributed by atoms with E-state index >= 15 is 0 Å². The molecule has 0 spiro atoms. The number of hydrogen-bond acceptors (Lipinski definition) is 5. The molecule has 2 aromatic heterocycles. The predicted octanol–water partition coefficient (Wildman–Crippen LogP) is 2.45. The Bertz CT molecular complexity index is 645. The number of carbonyl (C=O) groups is 1. The van der Waals surface area contributed by atoms with Gasteiger partial charge in [0.05, 0.1) is 5.25 Å². The first-order chi connectivity index (χ1) is 9.95. The van der Waals surface area contributed by atoms with Crippen molar-refractivity contribution in [1.82, 2.24) is 20.1 Å². The summed E-state index contributed by atoms with van der Waals surface area (Å²) in [7, 11) is 3.47. The minimum Gasteiger partial charge on any atom is -0.462 e. The summed E-state index contributed by atoms with van der Waals surface area (Å²) in [5.74, 6) is 2.28. The average molecular weight is 306 g/mol. The number of carbonyl (C=O) groups excluding carboxylic acids is 1. The molecule has 1 atom stereocenters. The SMILES string of the molecule is Cc1ccc(C=Cc2nc(SC(C)C(=O)N(C)C)n[nH]2)o1. The van der Waals surface area contributed by atoms with Gasteiger partial charge in [-0.05, 0) is 38.1 Å². The van der Waals surface area contributed by atoms with Crippen LogP contribution in [0.15, 0.2) is 21.7 Å². The van der Waals surface area contributed by atoms with Crippen molar-refractivity contribution in [3.63, 3.8) is 0 Å². The topological polar surface area (TPSA) is 75.0 Å². The second-order valence-electron chi connectivity index (χ2n) is 4.78. The standard InChI is InChI=1S/C14H18N4O2S/c1-9-5-6-11(20-9)7-8-12-15-14(17-16-12)21-10(2)13(19)18(3)4/h5-8,10H,1-4H3,(H,15,16,17). The van der Waals surface area contributed by atoms with Gasteiger partial charge in [0, 0.05) is 14.1 Å². The van der Waals surface area contributed by atoms with Crippen LogP contribution in [0.5, 0.6) is 0 Å². The third kappa shape index (κ3) is 4.22. The maximum absolute atomic E-state index is 11.8. The largest absolute Gasteiger partial charge is 0.462 e. The minimum atomic E-state index is -0.222. The Morgan fingerprint density at radius 1 is 1.43 bits per heavy atom. The smallest absolute Gasteiger partial charge is 0.235 e. The number of aryl methyl sites for hydroxylation is 1. The van der Waals surface area contributed by atoms with Crippen LogP contribution in [0.3, 0.4) is 0 Å². The molecule has 21 heavy (non-hydrogen) atoms. The molecule has 1 unspecified atom stereocenters. The van der Waals surface area contributed by atoms with Crippen molar-refractivity contribution in [1.29, 1.82) is 0 Å². The third-order valence-corrected chi connectivity index (χ3v) is 3.67. The number of aromatic amines is 1. The van der Waals surface area contributed by atoms with E-state index in [2.05, 4.69) is 15.2 Å². The Balaban J connectivity index is 1.98. The van der Waals surface area contributed by atoms with Crippen LogP contribution in [-0.2, 0) is 4.79 Å². The summed E-state index contributed by atoms with van der Waals surface area (Å²) in [6.45, 7) is 3.73. The average Bonchev–Trinajstić information content (AvgIpc) is 3.04. The molecule has 0 aliphatic heterocycles. The quantitative estimate of drug-likeness (QED) is 0.859. The van der Waals surface area contributed by atoms with Crippen molar-refractivity contribution >= 4 is 29.8 Å². The van der Waals surface area contributed by atoms with E-state index in [1.807, 2.05) is 32.1 Å². The van der Waals surface area contributed by atoms with Crippen LogP contribution >= 0.6 is 11.8 Å². The Labute approximate surface area is 127 Å². The first-order valence-electron chi connectivity index (χ1n) is 6.50. The summed E-state index contributed by atoms with van der Waals surface area (Å²) in [6.07, 6.45) is 3.60. The van der Waals surface area contributed by atoms with Crippen LogP contribution in [0.1, 0.15) is 24.3 Å². The number of amides is 1. The van der Waals surface area contributed by atoms with E-state index in [1.165, 1.54) is 11.8 Å². The highest BCUT2D eigenvalue weighted by Gasteiger charge is 2.18. The molecule has 7 heteroatoms. The number of aromatic nitrogens is 3. The number of hydrogen-bond donors (Lipinski definition) is 1. The van der Waals surface area contributed by atoms with Gasteiger partial charge in [0.25, 0.3) is 0 Å². The highest BCUT2D eigenvalue weighted by Crippen LogP contribution is 2.20. The monoisotopic (exact) mass is 306 g/mol. The van der Waals surface area contributed by atoms with Crippen molar-refractivity contribution in [3.8, 4) is 0 Å². The van der Waals surface area contributed by atoms with Gasteiger partial charge in [-0.3, -0.25) is 9.89 Å². The van der Waals surface area contributed by atoms with Crippen molar-refractivity contribution in [2.45, 2.75) is 24.3 Å². The Kier molecular flexibility index (Phi) is 4.85. The number of rotatable bonds is 5. The molecule has 2 aromatic rings. The molecule has 0 aliphatic carbocycles. The number of H-pyrrole nitrogens is 1.